The second-order valence-corrected chi connectivity index (χ2v) is 6.17. The van der Waals surface area contributed by atoms with Gasteiger partial charge in [-0.05, 0) is 35.5 Å². The van der Waals surface area contributed by atoms with Crippen LogP contribution in [-0.2, 0) is 4.57 Å². The first-order valence-electron chi connectivity index (χ1n) is 7.71. The smallest absolute Gasteiger partial charge is 0.427 e. The highest BCUT2D eigenvalue weighted by Crippen LogP contribution is 2.20. The molecule has 1 N–H and O–H groups in total. The minimum absolute atomic E-state index is 0.00333. The predicted octanol–water partition coefficient (Wildman–Crippen LogP) is 5.40. The summed E-state index contributed by atoms with van der Waals surface area (Å²) in [5.41, 5.74) is 3.58. The Balaban J connectivity index is 0.000000152. The van der Waals surface area contributed by atoms with Gasteiger partial charge in [0.2, 0.25) is 0 Å². The molecule has 26 heavy (non-hydrogen) atoms. The zero-order valence-corrected chi connectivity index (χ0v) is 15.3. The van der Waals surface area contributed by atoms with E-state index in [-0.39, 0.29) is 4.84 Å². The third-order valence-electron chi connectivity index (χ3n) is 3.48. The molecule has 0 amide bonds. The van der Waals surface area contributed by atoms with E-state index in [1.807, 2.05) is 12.1 Å². The molecule has 4 aromatic rings. The molecule has 0 aliphatic rings. The maximum absolute atomic E-state index is 10.5. The Morgan fingerprint density at radius 3 is 1.88 bits per heavy atom. The van der Waals surface area contributed by atoms with Gasteiger partial charge in [0.05, 0.1) is 0 Å². The molecule has 1 unspecified atom stereocenters. The van der Waals surface area contributed by atoms with Gasteiger partial charge in [0, 0.05) is 4.57 Å². The fourth-order valence-electron chi connectivity index (χ4n) is 2.35. The summed E-state index contributed by atoms with van der Waals surface area (Å²) in [6, 6.07) is 27.7. The highest BCUT2D eigenvalue weighted by atomic mass is 32.1. The number of aromatic nitrogens is 1. The topological polar surface area (TPSA) is 64.6 Å². The van der Waals surface area contributed by atoms with Gasteiger partial charge in [0.25, 0.3) is 0 Å². The highest BCUT2D eigenvalue weighted by Gasteiger charge is 2.19. The Kier molecular flexibility index (Phi) is 5.92. The fraction of sp³-hybridized carbons (Fsp3) is 0. The maximum Gasteiger partial charge on any atom is 0.768 e. The molecule has 5 nitrogen and oxygen atoms in total. The van der Waals surface area contributed by atoms with Gasteiger partial charge in [0.1, 0.15) is 5.52 Å². The van der Waals surface area contributed by atoms with E-state index in [1.165, 1.54) is 11.1 Å². The molecule has 4 rings (SSSR count). The van der Waals surface area contributed by atoms with Crippen molar-refractivity contribution in [2.24, 2.45) is 0 Å². The van der Waals surface area contributed by atoms with Crippen LogP contribution in [-0.4, -0.2) is 9.62 Å². The highest BCUT2D eigenvalue weighted by molar-refractivity contribution is 7.71. The van der Waals surface area contributed by atoms with E-state index >= 15 is 0 Å². The lowest BCUT2D eigenvalue weighted by atomic mass is 10.1. The van der Waals surface area contributed by atoms with Gasteiger partial charge < -0.3 is 4.42 Å². The van der Waals surface area contributed by atoms with Crippen molar-refractivity contribution >= 4 is 31.6 Å². The Bertz CT molecular complexity index is 1020. The number of rotatable bonds is 3. The Morgan fingerprint density at radius 1 is 0.846 bits per heavy atom. The van der Waals surface area contributed by atoms with Crippen molar-refractivity contribution in [2.75, 3.05) is 0 Å². The van der Waals surface area contributed by atoms with Gasteiger partial charge in [0.15, 0.2) is 5.58 Å². The van der Waals surface area contributed by atoms with E-state index in [9.17, 15) is 4.57 Å². The molecular weight excluding hydrogens is 369 g/mol. The Labute approximate surface area is 156 Å². The first-order chi connectivity index (χ1) is 12.6. The summed E-state index contributed by atoms with van der Waals surface area (Å²) in [7, 11) is -2.75. The van der Waals surface area contributed by atoms with Gasteiger partial charge in [-0.15, -0.1) is 9.52 Å². The van der Waals surface area contributed by atoms with Crippen molar-refractivity contribution in [1.82, 2.24) is 4.73 Å². The summed E-state index contributed by atoms with van der Waals surface area (Å²) in [5.74, 6) is 0. The lowest BCUT2D eigenvalue weighted by molar-refractivity contribution is 0.242. The molecule has 0 aliphatic heterocycles. The van der Waals surface area contributed by atoms with Crippen molar-refractivity contribution in [3.63, 3.8) is 0 Å². The standard InChI is InChI=1S/C12H10.C7H4NO4PS/c1-3-7-11(8-4-1)12-9-5-2-6-10-12;9-13(10)12-8-5-3-1-2-4-6(5)11-7(8)14/h1-10H;1-4H/p+1. The van der Waals surface area contributed by atoms with Crippen molar-refractivity contribution in [1.29, 1.82) is 0 Å². The van der Waals surface area contributed by atoms with Crippen LogP contribution in [0.3, 0.4) is 0 Å². The third kappa shape index (κ3) is 4.43. The number of fused-ring (bicyclic) bond motifs is 1. The van der Waals surface area contributed by atoms with E-state index in [0.717, 1.165) is 4.73 Å². The van der Waals surface area contributed by atoms with Gasteiger partial charge in [-0.2, -0.15) is 0 Å². The molecule has 0 saturated carbocycles. The average molecular weight is 384 g/mol. The molecule has 130 valence electrons. The fourth-order valence-corrected chi connectivity index (χ4v) is 2.94. The molecule has 0 aliphatic carbocycles. The summed E-state index contributed by atoms with van der Waals surface area (Å²) in [4.78, 5) is 8.59. The predicted molar refractivity (Wildman–Crippen MR) is 103 cm³/mol. The van der Waals surface area contributed by atoms with Crippen molar-refractivity contribution in [3.05, 3.63) is 89.8 Å². The van der Waals surface area contributed by atoms with Gasteiger partial charge >= 0.3 is 13.1 Å². The Morgan fingerprint density at radius 2 is 1.35 bits per heavy atom. The molecule has 0 saturated heterocycles. The number of para-hydroxylation sites is 2. The molecule has 1 aromatic heterocycles. The lowest BCUT2D eigenvalue weighted by Gasteiger charge is -1.98. The molecule has 0 spiro atoms. The molecule has 0 fully saturated rings. The second kappa shape index (κ2) is 8.54. The van der Waals surface area contributed by atoms with Crippen LogP contribution in [0.15, 0.2) is 89.3 Å². The second-order valence-electron chi connectivity index (χ2n) is 5.18. The van der Waals surface area contributed by atoms with E-state index in [1.54, 1.807) is 24.3 Å². The van der Waals surface area contributed by atoms with Crippen LogP contribution in [0.1, 0.15) is 0 Å². The first kappa shape index (κ1) is 18.0. The summed E-state index contributed by atoms with van der Waals surface area (Å²) in [6.07, 6.45) is 0. The Hall–Kier alpha value is -2.79. The van der Waals surface area contributed by atoms with Gasteiger partial charge in [-0.3, -0.25) is 0 Å². The largest absolute Gasteiger partial charge is 0.768 e. The molecular formula is C19H15NO4PS+. The molecule has 1 atom stereocenters. The van der Waals surface area contributed by atoms with E-state index in [2.05, 4.69) is 53.2 Å². The lowest BCUT2D eigenvalue weighted by Crippen LogP contribution is -2.02. The number of oxazole rings is 1. The van der Waals surface area contributed by atoms with Crippen LogP contribution in [0, 0.1) is 4.84 Å². The quantitative estimate of drug-likeness (QED) is 0.379. The normalized spacial score (nSPS) is 10.7. The number of benzene rings is 3. The number of hydrogen-bond acceptors (Lipinski definition) is 4. The van der Waals surface area contributed by atoms with Crippen LogP contribution in [0.2, 0.25) is 0 Å². The van der Waals surface area contributed by atoms with Gasteiger partial charge in [-0.1, -0.05) is 77.5 Å². The van der Waals surface area contributed by atoms with Crippen LogP contribution in [0.5, 0.6) is 0 Å². The zero-order chi connectivity index (χ0) is 18.4. The molecule has 0 bridgehead atoms. The molecule has 1 heterocycles. The average Bonchev–Trinajstić information content (AvgIpc) is 2.99. The first-order valence-corrected chi connectivity index (χ1v) is 9.24. The molecule has 0 radical (unpaired) electrons. The minimum atomic E-state index is -2.75. The summed E-state index contributed by atoms with van der Waals surface area (Å²) < 4.78 is 21.2. The van der Waals surface area contributed by atoms with Crippen LogP contribution >= 0.6 is 20.5 Å². The van der Waals surface area contributed by atoms with E-state index in [4.69, 9.17) is 21.5 Å². The maximum atomic E-state index is 10.5. The van der Waals surface area contributed by atoms with Crippen molar-refractivity contribution in [2.45, 2.75) is 0 Å². The SMILES string of the molecule is O=[P+](O)On1c(=S)oc2ccccc21.c1ccc(-c2ccccc2)cc1. The van der Waals surface area contributed by atoms with E-state index in [0.29, 0.717) is 11.1 Å². The monoisotopic (exact) mass is 384 g/mol. The van der Waals surface area contributed by atoms with E-state index < -0.39 is 8.25 Å². The summed E-state index contributed by atoms with van der Waals surface area (Å²) in [5, 5.41) is 0. The number of hydrogen-bond donors (Lipinski definition) is 1. The summed E-state index contributed by atoms with van der Waals surface area (Å²) in [6.45, 7) is 0. The third-order valence-corrected chi connectivity index (χ3v) is 4.03. The van der Waals surface area contributed by atoms with Crippen molar-refractivity contribution in [3.8, 4) is 11.1 Å². The van der Waals surface area contributed by atoms with Crippen molar-refractivity contribution < 1.29 is 18.5 Å². The molecule has 3 aromatic carbocycles. The van der Waals surface area contributed by atoms with Crippen LogP contribution in [0.25, 0.3) is 22.2 Å². The summed E-state index contributed by atoms with van der Waals surface area (Å²) >= 11 is 4.80. The van der Waals surface area contributed by atoms with Crippen LogP contribution in [0.4, 0.5) is 0 Å². The zero-order valence-electron chi connectivity index (χ0n) is 13.6. The molecule has 7 heteroatoms. The minimum Gasteiger partial charge on any atom is -0.427 e. The number of nitrogens with zero attached hydrogens (tertiary/aromatic N) is 1. The van der Waals surface area contributed by atoms with Gasteiger partial charge in [-0.25, -0.2) is 0 Å². The van der Waals surface area contributed by atoms with Crippen LogP contribution < -0.4 is 4.62 Å².